The van der Waals surface area contributed by atoms with Gasteiger partial charge in [0, 0.05) is 58.8 Å². The van der Waals surface area contributed by atoms with E-state index in [9.17, 15) is 0 Å². The maximum atomic E-state index is 2.55. The van der Waals surface area contributed by atoms with Crippen molar-refractivity contribution in [1.29, 1.82) is 0 Å². The molecule has 0 atom stereocenters. The first-order valence-electron chi connectivity index (χ1n) is 24.2. The second-order valence-corrected chi connectivity index (χ2v) is 20.8. The van der Waals surface area contributed by atoms with Crippen molar-refractivity contribution in [3.63, 3.8) is 0 Å². The van der Waals surface area contributed by atoms with E-state index in [1.807, 2.05) is 11.3 Å². The van der Waals surface area contributed by atoms with Crippen molar-refractivity contribution in [2.24, 2.45) is 0 Å². The third kappa shape index (κ3) is 5.97. The fourth-order valence-corrected chi connectivity index (χ4v) is 13.2. The van der Waals surface area contributed by atoms with Crippen molar-refractivity contribution < 1.29 is 0 Å². The number of fused-ring (bicyclic) bond motifs is 13. The van der Waals surface area contributed by atoms with Gasteiger partial charge in [-0.3, -0.25) is 0 Å². The predicted octanol–water partition coefficient (Wildman–Crippen LogP) is 18.9. The van der Waals surface area contributed by atoms with Crippen molar-refractivity contribution in [3.8, 4) is 22.3 Å². The summed E-state index contributed by atoms with van der Waals surface area (Å²) in [6.45, 7) is 9.33. The summed E-state index contributed by atoms with van der Waals surface area (Å²) in [4.78, 5) is 5.07. The Bertz CT molecular complexity index is 4130. The van der Waals surface area contributed by atoms with Crippen LogP contribution in [-0.2, 0) is 11.8 Å². The molecule has 14 rings (SSSR count). The minimum Gasteiger partial charge on any atom is -0.310 e. The van der Waals surface area contributed by atoms with Gasteiger partial charge in [0.15, 0.2) is 0 Å². The number of hydrogen-bond acceptors (Lipinski definition) is 3. The number of benzene rings is 11. The van der Waals surface area contributed by atoms with Gasteiger partial charge >= 0.3 is 0 Å². The summed E-state index contributed by atoms with van der Waals surface area (Å²) >= 11 is 1.88. The number of nitrogens with zero attached hydrogens (tertiary/aromatic N) is 2. The van der Waals surface area contributed by atoms with E-state index in [0.29, 0.717) is 0 Å². The zero-order valence-corrected chi connectivity index (χ0v) is 40.0. The molecule has 1 aromatic heterocycles. The Hall–Kier alpha value is -7.98. The number of thiophene rings is 1. The number of aryl methyl sites for hydroxylation is 2. The average molecular weight is 901 g/mol. The van der Waals surface area contributed by atoms with Gasteiger partial charge < -0.3 is 9.80 Å². The zero-order chi connectivity index (χ0) is 46.1. The maximum absolute atomic E-state index is 2.55. The molecule has 0 bridgehead atoms. The maximum Gasteiger partial charge on any atom is 0.0543 e. The van der Waals surface area contributed by atoms with Gasteiger partial charge in [0.2, 0.25) is 0 Å². The molecule has 2 aliphatic rings. The van der Waals surface area contributed by atoms with Gasteiger partial charge in [-0.2, -0.15) is 0 Å². The summed E-state index contributed by atoms with van der Waals surface area (Å²) in [5, 5.41) is 10.2. The Balaban J connectivity index is 0.978. The van der Waals surface area contributed by atoms with Crippen LogP contribution in [0, 0.1) is 13.8 Å². The first-order valence-corrected chi connectivity index (χ1v) is 25.0. The molecule has 0 N–H and O–H groups in total. The summed E-state index contributed by atoms with van der Waals surface area (Å²) in [5.41, 5.74) is 20.1. The van der Waals surface area contributed by atoms with Crippen molar-refractivity contribution in [2.75, 3.05) is 9.80 Å². The summed E-state index contributed by atoms with van der Waals surface area (Å²) in [5.74, 6) is 0. The van der Waals surface area contributed by atoms with Gasteiger partial charge in [-0.15, -0.1) is 11.3 Å². The van der Waals surface area contributed by atoms with Crippen molar-refractivity contribution in [3.05, 3.63) is 240 Å². The van der Waals surface area contributed by atoms with Crippen molar-refractivity contribution >= 4 is 98.0 Å². The van der Waals surface area contributed by atoms with Gasteiger partial charge in [0.05, 0.1) is 17.1 Å². The SMILES string of the molecule is Cc1ccc(N(c2ccc3c(c2)Cc2ccccc2-3)c2ccc3c(c2)C(C)(C)c2cc(N(c4ccc5c(c4)sc4ccccc45)c4ccc(C)c5ccccc45)c4ccccc4c2-3)c2ccccc12. The standard InChI is InChI=1S/C66H48N2S/c1-40-25-33-60(51-19-9-7-16-47(40)51)67(44-27-30-50-43(36-44)35-42-15-5-6-18-49(42)50)45-29-32-57-58(37-45)66(3,4)59-39-62(53-21-11-12-23-56(53)65(57)59)68(61-34-26-41(2)48-17-8-10-20-52(48)61)46-28-31-55-54-22-13-14-24-63(54)69-64(55)38-46/h5-34,36-39H,35H2,1-4H3. The van der Waals surface area contributed by atoms with Crippen LogP contribution in [0.25, 0.3) is 74.7 Å². The van der Waals surface area contributed by atoms with Crippen LogP contribution in [0.1, 0.15) is 47.2 Å². The predicted molar refractivity (Wildman–Crippen MR) is 296 cm³/mol. The highest BCUT2D eigenvalue weighted by Crippen LogP contribution is 2.57. The molecular weight excluding hydrogens is 853 g/mol. The molecule has 0 saturated carbocycles. The summed E-state index contributed by atoms with van der Waals surface area (Å²) in [6, 6.07) is 77.9. The molecular formula is C66H48N2S. The molecule has 0 saturated heterocycles. The molecule has 2 nitrogen and oxygen atoms in total. The molecule has 328 valence electrons. The molecule has 0 radical (unpaired) electrons. The van der Waals surface area contributed by atoms with Gasteiger partial charge in [-0.05, 0) is 153 Å². The highest BCUT2D eigenvalue weighted by atomic mass is 32.1. The van der Waals surface area contributed by atoms with Gasteiger partial charge in [0.25, 0.3) is 0 Å². The molecule has 3 heteroatoms. The van der Waals surface area contributed by atoms with E-state index in [2.05, 4.69) is 244 Å². The lowest BCUT2D eigenvalue weighted by Gasteiger charge is -2.31. The lowest BCUT2D eigenvalue weighted by molar-refractivity contribution is 0.661. The Morgan fingerprint density at radius 2 is 0.884 bits per heavy atom. The fraction of sp³-hybridized carbons (Fsp3) is 0.0909. The largest absolute Gasteiger partial charge is 0.310 e. The summed E-state index contributed by atoms with van der Waals surface area (Å²) in [6.07, 6.45) is 0.942. The number of anilines is 6. The Kier molecular flexibility index (Phi) is 8.73. The molecule has 69 heavy (non-hydrogen) atoms. The van der Waals surface area contributed by atoms with Crippen LogP contribution in [0.4, 0.5) is 34.1 Å². The monoisotopic (exact) mass is 900 g/mol. The van der Waals surface area contributed by atoms with Crippen LogP contribution in [-0.4, -0.2) is 0 Å². The third-order valence-electron chi connectivity index (χ3n) is 15.5. The average Bonchev–Trinajstić information content (AvgIpc) is 4.02. The number of hydrogen-bond donors (Lipinski definition) is 0. The van der Waals surface area contributed by atoms with E-state index in [0.717, 1.165) is 17.8 Å². The summed E-state index contributed by atoms with van der Waals surface area (Å²) in [7, 11) is 0. The molecule has 0 unspecified atom stereocenters. The van der Waals surface area contributed by atoms with Crippen LogP contribution >= 0.6 is 11.3 Å². The molecule has 0 aliphatic heterocycles. The minimum atomic E-state index is -0.323. The third-order valence-corrected chi connectivity index (χ3v) is 16.7. The molecule has 2 aliphatic carbocycles. The molecule has 11 aromatic carbocycles. The van der Waals surface area contributed by atoms with Crippen LogP contribution in [0.2, 0.25) is 0 Å². The second kappa shape index (κ2) is 15.0. The normalized spacial score (nSPS) is 13.3. The van der Waals surface area contributed by atoms with Crippen molar-refractivity contribution in [1.82, 2.24) is 0 Å². The van der Waals surface area contributed by atoms with Gasteiger partial charge in [-0.1, -0.05) is 159 Å². The van der Waals surface area contributed by atoms with Crippen molar-refractivity contribution in [2.45, 2.75) is 39.5 Å². The molecule has 0 fully saturated rings. The Labute approximate surface area is 407 Å². The highest BCUT2D eigenvalue weighted by Gasteiger charge is 2.39. The Morgan fingerprint density at radius 1 is 0.362 bits per heavy atom. The van der Waals surface area contributed by atoms with E-state index in [1.165, 1.54) is 131 Å². The smallest absolute Gasteiger partial charge is 0.0543 e. The van der Waals surface area contributed by atoms with Crippen LogP contribution in [0.5, 0.6) is 0 Å². The van der Waals surface area contributed by atoms with Gasteiger partial charge in [-0.25, -0.2) is 0 Å². The zero-order valence-electron chi connectivity index (χ0n) is 39.1. The Morgan fingerprint density at radius 3 is 1.61 bits per heavy atom. The van der Waals surface area contributed by atoms with E-state index < -0.39 is 0 Å². The first kappa shape index (κ1) is 40.1. The fourth-order valence-electron chi connectivity index (χ4n) is 12.1. The van der Waals surface area contributed by atoms with Crippen LogP contribution in [0.3, 0.4) is 0 Å². The minimum absolute atomic E-state index is 0.323. The van der Waals surface area contributed by atoms with E-state index >= 15 is 0 Å². The molecule has 0 amide bonds. The topological polar surface area (TPSA) is 6.48 Å². The van der Waals surface area contributed by atoms with E-state index in [1.54, 1.807) is 0 Å². The lowest BCUT2D eigenvalue weighted by atomic mass is 9.81. The molecule has 1 heterocycles. The first-order chi connectivity index (χ1) is 33.8. The molecule has 0 spiro atoms. The summed E-state index contributed by atoms with van der Waals surface area (Å²) < 4.78 is 2.61. The quantitative estimate of drug-likeness (QED) is 0.164. The van der Waals surface area contributed by atoms with E-state index in [4.69, 9.17) is 0 Å². The molecule has 12 aromatic rings. The van der Waals surface area contributed by atoms with E-state index in [-0.39, 0.29) is 5.41 Å². The highest BCUT2D eigenvalue weighted by molar-refractivity contribution is 7.25. The number of rotatable bonds is 6. The lowest BCUT2D eigenvalue weighted by Crippen LogP contribution is -2.18. The second-order valence-electron chi connectivity index (χ2n) is 19.7. The van der Waals surface area contributed by atoms with Crippen LogP contribution < -0.4 is 9.80 Å². The van der Waals surface area contributed by atoms with Gasteiger partial charge in [0.1, 0.15) is 0 Å². The van der Waals surface area contributed by atoms with Crippen LogP contribution in [0.15, 0.2) is 206 Å².